The number of rotatable bonds is 4. The molecular weight excluding hydrogens is 383 g/mol. The van der Waals surface area contributed by atoms with Crippen LogP contribution in [0.4, 0.5) is 4.39 Å². The minimum absolute atomic E-state index is 0.0443. The smallest absolute Gasteiger partial charge is 0.256 e. The topological polar surface area (TPSA) is 58.6 Å². The van der Waals surface area contributed by atoms with E-state index < -0.39 is 6.10 Å². The van der Waals surface area contributed by atoms with Gasteiger partial charge in [0.05, 0.1) is 0 Å². The molecule has 0 saturated carbocycles. The Kier molecular flexibility index (Phi) is 5.86. The lowest BCUT2D eigenvalue weighted by atomic mass is 9.62. The summed E-state index contributed by atoms with van der Waals surface area (Å²) < 4.78 is 18.9. The lowest BCUT2D eigenvalue weighted by Crippen LogP contribution is -2.53. The molecule has 30 heavy (non-hydrogen) atoms. The van der Waals surface area contributed by atoms with Crippen molar-refractivity contribution < 1.29 is 18.7 Å². The van der Waals surface area contributed by atoms with Gasteiger partial charge in [-0.3, -0.25) is 9.59 Å². The number of likely N-dealkylation sites (tertiary alicyclic amines) is 1. The fourth-order valence-electron chi connectivity index (χ4n) is 4.98. The molecule has 2 heterocycles. The summed E-state index contributed by atoms with van der Waals surface area (Å²) in [7, 11) is 1.55. The van der Waals surface area contributed by atoms with Gasteiger partial charge in [-0.1, -0.05) is 42.5 Å². The average molecular weight is 410 g/mol. The van der Waals surface area contributed by atoms with Gasteiger partial charge in [-0.2, -0.15) is 0 Å². The summed E-state index contributed by atoms with van der Waals surface area (Å²) in [5, 5.41) is 2.97. The zero-order valence-corrected chi connectivity index (χ0v) is 17.1. The quantitative estimate of drug-likeness (QED) is 0.840. The van der Waals surface area contributed by atoms with Crippen molar-refractivity contribution in [1.29, 1.82) is 0 Å². The van der Waals surface area contributed by atoms with E-state index in [2.05, 4.69) is 5.32 Å². The molecule has 1 N–H and O–H groups in total. The van der Waals surface area contributed by atoms with Crippen LogP contribution >= 0.6 is 0 Å². The number of ether oxygens (including phenoxy) is 1. The number of hydrogen-bond donors (Lipinski definition) is 1. The number of carbonyl (C=O) groups excluding carboxylic acids is 2. The van der Waals surface area contributed by atoms with E-state index in [1.165, 1.54) is 12.1 Å². The first-order chi connectivity index (χ1) is 14.5. The highest BCUT2D eigenvalue weighted by atomic mass is 19.1. The van der Waals surface area contributed by atoms with Crippen LogP contribution in [-0.4, -0.2) is 43.5 Å². The maximum absolute atomic E-state index is 13.4. The lowest BCUT2D eigenvalue weighted by Gasteiger charge is -2.49. The number of hydrogen-bond acceptors (Lipinski definition) is 3. The fourth-order valence-corrected chi connectivity index (χ4v) is 4.98. The van der Waals surface area contributed by atoms with Crippen LogP contribution in [0.25, 0.3) is 0 Å². The Labute approximate surface area is 176 Å². The van der Waals surface area contributed by atoms with Crippen molar-refractivity contribution in [2.75, 3.05) is 26.7 Å². The summed E-state index contributed by atoms with van der Waals surface area (Å²) in [5.74, 6) is -0.149. The Morgan fingerprint density at radius 2 is 1.80 bits per heavy atom. The van der Waals surface area contributed by atoms with Gasteiger partial charge < -0.3 is 15.0 Å². The summed E-state index contributed by atoms with van der Waals surface area (Å²) in [4.78, 5) is 27.2. The Morgan fingerprint density at radius 3 is 2.43 bits per heavy atom. The number of nitrogens with one attached hydrogen (secondary N) is 1. The maximum Gasteiger partial charge on any atom is 0.256 e. The van der Waals surface area contributed by atoms with E-state index in [0.717, 1.165) is 24.0 Å². The second kappa shape index (κ2) is 8.56. The molecule has 2 fully saturated rings. The van der Waals surface area contributed by atoms with Crippen molar-refractivity contribution in [3.63, 3.8) is 0 Å². The molecule has 0 bridgehead atoms. The largest absolute Gasteiger partial charge is 0.367 e. The van der Waals surface area contributed by atoms with Crippen molar-refractivity contribution in [2.24, 2.45) is 5.41 Å². The molecule has 2 aromatic carbocycles. The highest BCUT2D eigenvalue weighted by molar-refractivity contribution is 5.82. The van der Waals surface area contributed by atoms with Crippen LogP contribution in [0.3, 0.4) is 0 Å². The van der Waals surface area contributed by atoms with Crippen LogP contribution in [0, 0.1) is 11.2 Å². The van der Waals surface area contributed by atoms with Crippen LogP contribution in [0.2, 0.25) is 0 Å². The minimum Gasteiger partial charge on any atom is -0.367 e. The zero-order valence-electron chi connectivity index (χ0n) is 17.1. The first kappa shape index (κ1) is 20.5. The van der Waals surface area contributed by atoms with E-state index in [-0.39, 0.29) is 29.0 Å². The SMILES string of the molecule is CO[C@@H](C(=O)N1CCC2(CC1)CC(=O)NCC2c1ccc(F)cc1)c1ccccc1. The number of amides is 2. The van der Waals surface area contributed by atoms with Gasteiger partial charge in [0.1, 0.15) is 5.82 Å². The number of benzene rings is 2. The minimum atomic E-state index is -0.622. The molecule has 2 aromatic rings. The Bertz CT molecular complexity index is 892. The molecule has 1 spiro atoms. The van der Waals surface area contributed by atoms with Gasteiger partial charge in [0.2, 0.25) is 5.91 Å². The highest BCUT2D eigenvalue weighted by Gasteiger charge is 2.47. The second-order valence-electron chi connectivity index (χ2n) is 8.30. The Hall–Kier alpha value is -2.73. The van der Waals surface area contributed by atoms with Crippen LogP contribution < -0.4 is 5.32 Å². The second-order valence-corrected chi connectivity index (χ2v) is 8.30. The maximum atomic E-state index is 13.4. The predicted octanol–water partition coefficient (Wildman–Crippen LogP) is 3.43. The number of nitrogens with zero attached hydrogens (tertiary/aromatic N) is 1. The van der Waals surface area contributed by atoms with E-state index in [1.54, 1.807) is 7.11 Å². The molecule has 6 heteroatoms. The van der Waals surface area contributed by atoms with Crippen LogP contribution in [0.15, 0.2) is 54.6 Å². The highest BCUT2D eigenvalue weighted by Crippen LogP contribution is 2.49. The standard InChI is InChI=1S/C24H27FN2O3/c1-30-22(18-5-3-2-4-6-18)23(29)27-13-11-24(12-14-27)15-21(28)26-16-20(24)17-7-9-19(25)10-8-17/h2-10,20,22H,11-16H2,1H3,(H,26,28)/t20?,22-/m1/s1. The van der Waals surface area contributed by atoms with Crippen molar-refractivity contribution in [3.05, 3.63) is 71.5 Å². The fraction of sp³-hybridized carbons (Fsp3) is 0.417. The third-order valence-electron chi connectivity index (χ3n) is 6.66. The van der Waals surface area contributed by atoms with Crippen molar-refractivity contribution in [1.82, 2.24) is 10.2 Å². The molecule has 2 amide bonds. The van der Waals surface area contributed by atoms with Crippen LogP contribution in [0.5, 0.6) is 0 Å². The van der Waals surface area contributed by atoms with Crippen molar-refractivity contribution in [3.8, 4) is 0 Å². The first-order valence-electron chi connectivity index (χ1n) is 10.4. The summed E-state index contributed by atoms with van der Waals surface area (Å²) in [6, 6.07) is 16.1. The molecule has 0 aromatic heterocycles. The zero-order chi connectivity index (χ0) is 21.1. The molecule has 2 saturated heterocycles. The normalized spacial score (nSPS) is 21.9. The summed E-state index contributed by atoms with van der Waals surface area (Å²) in [5.41, 5.74) is 1.66. The molecule has 4 rings (SSSR count). The molecule has 2 aliphatic heterocycles. The third-order valence-corrected chi connectivity index (χ3v) is 6.66. The van der Waals surface area contributed by atoms with Gasteiger partial charge in [0.25, 0.3) is 5.91 Å². The Morgan fingerprint density at radius 1 is 1.13 bits per heavy atom. The first-order valence-corrected chi connectivity index (χ1v) is 10.4. The van der Waals surface area contributed by atoms with E-state index in [0.29, 0.717) is 26.1 Å². The summed E-state index contributed by atoms with van der Waals surface area (Å²) in [6.45, 7) is 1.70. The van der Waals surface area contributed by atoms with E-state index in [1.807, 2.05) is 47.4 Å². The van der Waals surface area contributed by atoms with Gasteiger partial charge in [-0.25, -0.2) is 4.39 Å². The predicted molar refractivity (Wildman–Crippen MR) is 111 cm³/mol. The molecule has 1 unspecified atom stereocenters. The third kappa shape index (κ3) is 3.97. The summed E-state index contributed by atoms with van der Waals surface area (Å²) in [6.07, 6.45) is 1.28. The number of methoxy groups -OCH3 is 1. The molecular formula is C24H27FN2O3. The number of halogens is 1. The van der Waals surface area contributed by atoms with Crippen molar-refractivity contribution >= 4 is 11.8 Å². The van der Waals surface area contributed by atoms with Gasteiger partial charge in [0.15, 0.2) is 6.10 Å². The van der Waals surface area contributed by atoms with Gasteiger partial charge in [0, 0.05) is 39.1 Å². The van der Waals surface area contributed by atoms with Gasteiger partial charge >= 0.3 is 0 Å². The molecule has 5 nitrogen and oxygen atoms in total. The molecule has 158 valence electrons. The Balaban J connectivity index is 1.51. The van der Waals surface area contributed by atoms with Gasteiger partial charge in [-0.05, 0) is 41.5 Å². The molecule has 2 aliphatic rings. The van der Waals surface area contributed by atoms with E-state index in [4.69, 9.17) is 4.74 Å². The molecule has 0 radical (unpaired) electrons. The van der Waals surface area contributed by atoms with Crippen LogP contribution in [-0.2, 0) is 14.3 Å². The van der Waals surface area contributed by atoms with Gasteiger partial charge in [-0.15, -0.1) is 0 Å². The van der Waals surface area contributed by atoms with E-state index in [9.17, 15) is 14.0 Å². The number of carbonyl (C=O) groups is 2. The lowest BCUT2D eigenvalue weighted by molar-refractivity contribution is -0.146. The monoisotopic (exact) mass is 410 g/mol. The molecule has 2 atom stereocenters. The van der Waals surface area contributed by atoms with Crippen molar-refractivity contribution in [2.45, 2.75) is 31.3 Å². The summed E-state index contributed by atoms with van der Waals surface area (Å²) >= 11 is 0. The average Bonchev–Trinajstić information content (AvgIpc) is 2.76. The van der Waals surface area contributed by atoms with E-state index >= 15 is 0 Å². The molecule has 0 aliphatic carbocycles. The number of piperidine rings is 2. The van der Waals surface area contributed by atoms with Crippen LogP contribution in [0.1, 0.15) is 42.4 Å².